The third-order valence-corrected chi connectivity index (χ3v) is 6.33. The number of carbonyl (C=O) groups is 3. The lowest BCUT2D eigenvalue weighted by Crippen LogP contribution is -2.63. The standard InChI is InChI=1S/C24H26N4O4/c25-15-17-7-2-3-8-19(17)28-13-10-18(20(29)16-28)26-23(31)24(11-4-1-5-12-24)27-22(30)21-9-6-14-32-21/h2-3,6-9,14,18H,1,4-5,10-13,16H2,(H,26,31)(H,27,30). The maximum Gasteiger partial charge on any atom is 0.287 e. The van der Waals surface area contributed by atoms with Gasteiger partial charge in [0.2, 0.25) is 5.91 Å². The van der Waals surface area contributed by atoms with E-state index in [1.807, 2.05) is 17.0 Å². The van der Waals surface area contributed by atoms with Gasteiger partial charge in [-0.05, 0) is 43.5 Å². The molecule has 2 heterocycles. The van der Waals surface area contributed by atoms with Crippen LogP contribution in [0, 0.1) is 11.3 Å². The van der Waals surface area contributed by atoms with E-state index in [2.05, 4.69) is 16.7 Å². The summed E-state index contributed by atoms with van der Waals surface area (Å²) >= 11 is 0. The number of ketones is 1. The largest absolute Gasteiger partial charge is 0.459 e. The molecule has 32 heavy (non-hydrogen) atoms. The molecule has 1 aliphatic carbocycles. The van der Waals surface area contributed by atoms with Crippen molar-refractivity contribution in [3.8, 4) is 6.07 Å². The van der Waals surface area contributed by atoms with Crippen LogP contribution >= 0.6 is 0 Å². The summed E-state index contributed by atoms with van der Waals surface area (Å²) in [6, 6.07) is 11.9. The minimum atomic E-state index is -1.05. The molecule has 1 unspecified atom stereocenters. The van der Waals surface area contributed by atoms with Crippen molar-refractivity contribution >= 4 is 23.3 Å². The third kappa shape index (κ3) is 4.37. The van der Waals surface area contributed by atoms with Gasteiger partial charge in [0.1, 0.15) is 11.6 Å². The van der Waals surface area contributed by atoms with Crippen LogP contribution in [-0.2, 0) is 9.59 Å². The van der Waals surface area contributed by atoms with Gasteiger partial charge in [0.05, 0.1) is 30.1 Å². The summed E-state index contributed by atoms with van der Waals surface area (Å²) in [5, 5.41) is 15.1. The molecule has 0 spiro atoms. The van der Waals surface area contributed by atoms with E-state index < -0.39 is 17.5 Å². The molecule has 2 N–H and O–H groups in total. The molecule has 1 aliphatic heterocycles. The van der Waals surface area contributed by atoms with Crippen molar-refractivity contribution in [3.63, 3.8) is 0 Å². The Morgan fingerprint density at radius 3 is 2.59 bits per heavy atom. The van der Waals surface area contributed by atoms with Crippen LogP contribution in [0.5, 0.6) is 0 Å². The Morgan fingerprint density at radius 1 is 1.12 bits per heavy atom. The lowest BCUT2D eigenvalue weighted by molar-refractivity contribution is -0.133. The highest BCUT2D eigenvalue weighted by Crippen LogP contribution is 2.30. The number of rotatable bonds is 5. The molecular formula is C24H26N4O4. The molecule has 1 aromatic carbocycles. The van der Waals surface area contributed by atoms with Crippen LogP contribution in [0.1, 0.15) is 54.6 Å². The molecule has 2 aromatic rings. The normalized spacial score (nSPS) is 20.3. The predicted molar refractivity (Wildman–Crippen MR) is 117 cm³/mol. The smallest absolute Gasteiger partial charge is 0.287 e. The number of furan rings is 1. The fourth-order valence-electron chi connectivity index (χ4n) is 4.57. The number of benzene rings is 1. The first-order valence-electron chi connectivity index (χ1n) is 11.0. The average molecular weight is 434 g/mol. The quantitative estimate of drug-likeness (QED) is 0.747. The zero-order valence-electron chi connectivity index (χ0n) is 17.8. The van der Waals surface area contributed by atoms with Crippen molar-refractivity contribution in [1.29, 1.82) is 5.26 Å². The van der Waals surface area contributed by atoms with Crippen LogP contribution in [0.3, 0.4) is 0 Å². The van der Waals surface area contributed by atoms with Gasteiger partial charge in [-0.15, -0.1) is 0 Å². The van der Waals surface area contributed by atoms with Gasteiger partial charge in [-0.3, -0.25) is 14.4 Å². The van der Waals surface area contributed by atoms with E-state index in [-0.39, 0.29) is 24.0 Å². The molecule has 2 amide bonds. The Kier molecular flexibility index (Phi) is 6.26. The van der Waals surface area contributed by atoms with Crippen LogP contribution in [-0.4, -0.2) is 42.3 Å². The number of piperidine rings is 1. The van der Waals surface area contributed by atoms with Crippen LogP contribution in [0.2, 0.25) is 0 Å². The summed E-state index contributed by atoms with van der Waals surface area (Å²) in [5.74, 6) is -0.702. The molecule has 1 aromatic heterocycles. The number of carbonyl (C=O) groups excluding carboxylic acids is 3. The number of anilines is 1. The van der Waals surface area contributed by atoms with Gasteiger partial charge in [-0.1, -0.05) is 31.4 Å². The summed E-state index contributed by atoms with van der Waals surface area (Å²) in [5.41, 5.74) is 0.194. The van der Waals surface area contributed by atoms with E-state index >= 15 is 0 Å². The monoisotopic (exact) mass is 434 g/mol. The molecule has 8 heteroatoms. The number of para-hydroxylation sites is 1. The molecule has 1 saturated carbocycles. The molecule has 1 saturated heterocycles. The first kappa shape index (κ1) is 21.6. The molecule has 2 aliphatic rings. The number of nitrogens with zero attached hydrogens (tertiary/aromatic N) is 2. The summed E-state index contributed by atoms with van der Waals surface area (Å²) < 4.78 is 5.18. The van der Waals surface area contributed by atoms with Crippen LogP contribution in [0.4, 0.5) is 5.69 Å². The summed E-state index contributed by atoms with van der Waals surface area (Å²) in [6.45, 7) is 0.663. The van der Waals surface area contributed by atoms with E-state index in [4.69, 9.17) is 4.42 Å². The van der Waals surface area contributed by atoms with Crippen LogP contribution < -0.4 is 15.5 Å². The lowest BCUT2D eigenvalue weighted by atomic mass is 9.80. The maximum atomic E-state index is 13.3. The number of nitrogens with one attached hydrogen (secondary N) is 2. The molecule has 166 valence electrons. The highest BCUT2D eigenvalue weighted by atomic mass is 16.3. The Hall–Kier alpha value is -3.60. The molecule has 4 rings (SSSR count). The predicted octanol–water partition coefficient (Wildman–Crippen LogP) is 2.55. The fraction of sp³-hybridized carbons (Fsp3) is 0.417. The van der Waals surface area contributed by atoms with Crippen LogP contribution in [0.15, 0.2) is 47.1 Å². The average Bonchev–Trinajstić information content (AvgIpc) is 3.36. The van der Waals surface area contributed by atoms with Gasteiger partial charge >= 0.3 is 0 Å². The van der Waals surface area contributed by atoms with Crippen molar-refractivity contribution in [1.82, 2.24) is 10.6 Å². The zero-order chi connectivity index (χ0) is 22.6. The second-order valence-electron chi connectivity index (χ2n) is 8.41. The molecule has 1 atom stereocenters. The third-order valence-electron chi connectivity index (χ3n) is 6.33. The van der Waals surface area contributed by atoms with Crippen LogP contribution in [0.25, 0.3) is 0 Å². The van der Waals surface area contributed by atoms with Crippen molar-refractivity contribution in [2.75, 3.05) is 18.0 Å². The number of Topliss-reactive ketones (excluding diaryl/α,β-unsaturated/α-hetero) is 1. The summed E-state index contributed by atoms with van der Waals surface area (Å²) in [6.07, 6.45) is 5.54. The second-order valence-corrected chi connectivity index (χ2v) is 8.41. The Bertz CT molecular complexity index is 1030. The van der Waals surface area contributed by atoms with Crippen molar-refractivity contribution in [2.45, 2.75) is 50.1 Å². The Morgan fingerprint density at radius 2 is 1.91 bits per heavy atom. The van der Waals surface area contributed by atoms with E-state index in [1.54, 1.807) is 24.3 Å². The molecule has 0 bridgehead atoms. The molecule has 0 radical (unpaired) electrons. The molecule has 2 fully saturated rings. The summed E-state index contributed by atoms with van der Waals surface area (Å²) in [4.78, 5) is 40.7. The fourth-order valence-corrected chi connectivity index (χ4v) is 4.57. The lowest BCUT2D eigenvalue weighted by Gasteiger charge is -2.39. The topological polar surface area (TPSA) is 115 Å². The second kappa shape index (κ2) is 9.27. The number of hydrogen-bond donors (Lipinski definition) is 2. The van der Waals surface area contributed by atoms with Crippen molar-refractivity contribution in [3.05, 3.63) is 54.0 Å². The molecular weight excluding hydrogens is 408 g/mol. The zero-order valence-corrected chi connectivity index (χ0v) is 17.8. The number of amides is 2. The van der Waals surface area contributed by atoms with Gasteiger partial charge in [-0.25, -0.2) is 0 Å². The van der Waals surface area contributed by atoms with E-state index in [0.717, 1.165) is 24.9 Å². The van der Waals surface area contributed by atoms with Gasteiger partial charge in [0.25, 0.3) is 5.91 Å². The van der Waals surface area contributed by atoms with Crippen molar-refractivity contribution < 1.29 is 18.8 Å². The number of nitriles is 1. The van der Waals surface area contributed by atoms with Gasteiger partial charge < -0.3 is 20.0 Å². The molecule has 8 nitrogen and oxygen atoms in total. The SMILES string of the molecule is N#Cc1ccccc1N1CCC(NC(=O)C2(NC(=O)c3ccco3)CCCCC2)C(=O)C1. The first-order chi connectivity index (χ1) is 15.5. The Labute approximate surface area is 186 Å². The minimum Gasteiger partial charge on any atom is -0.459 e. The number of hydrogen-bond acceptors (Lipinski definition) is 6. The first-order valence-corrected chi connectivity index (χ1v) is 11.0. The van der Waals surface area contributed by atoms with Gasteiger partial charge in [0, 0.05) is 6.54 Å². The van der Waals surface area contributed by atoms with E-state index in [0.29, 0.717) is 31.4 Å². The van der Waals surface area contributed by atoms with Gasteiger partial charge in [-0.2, -0.15) is 5.26 Å². The Balaban J connectivity index is 1.44. The van der Waals surface area contributed by atoms with E-state index in [9.17, 15) is 19.6 Å². The highest BCUT2D eigenvalue weighted by Gasteiger charge is 2.43. The maximum absolute atomic E-state index is 13.3. The minimum absolute atomic E-state index is 0.110. The highest BCUT2D eigenvalue weighted by molar-refractivity contribution is 6.00. The van der Waals surface area contributed by atoms with Crippen molar-refractivity contribution in [2.24, 2.45) is 0 Å². The summed E-state index contributed by atoms with van der Waals surface area (Å²) in [7, 11) is 0. The van der Waals surface area contributed by atoms with E-state index in [1.165, 1.54) is 6.26 Å². The van der Waals surface area contributed by atoms with Gasteiger partial charge in [0.15, 0.2) is 11.5 Å².